The maximum absolute atomic E-state index is 14.0. The van der Waals surface area contributed by atoms with Gasteiger partial charge in [-0.3, -0.25) is 9.10 Å². The van der Waals surface area contributed by atoms with Crippen LogP contribution in [0.15, 0.2) is 71.2 Å². The van der Waals surface area contributed by atoms with Crippen LogP contribution in [0.3, 0.4) is 0 Å². The zero-order valence-electron chi connectivity index (χ0n) is 15.8. The molecule has 5 nitrogen and oxygen atoms in total. The molecule has 0 aliphatic carbocycles. The molecular weight excluding hydrogens is 478 g/mol. The number of hydrogen-bond donors (Lipinski definition) is 1. The average molecular weight is 495 g/mol. The van der Waals surface area contributed by atoms with Crippen LogP contribution in [0, 0.1) is 11.6 Å². The number of amides is 1. The van der Waals surface area contributed by atoms with Crippen molar-refractivity contribution in [1.29, 1.82) is 0 Å². The molecule has 30 heavy (non-hydrogen) atoms. The normalized spacial score (nSPS) is 11.2. The van der Waals surface area contributed by atoms with E-state index < -0.39 is 27.6 Å². The van der Waals surface area contributed by atoms with Crippen molar-refractivity contribution in [2.75, 3.05) is 15.9 Å². The van der Waals surface area contributed by atoms with E-state index >= 15 is 0 Å². The smallest absolute Gasteiger partial charge is 0.255 e. The predicted molar refractivity (Wildman–Crippen MR) is 116 cm³/mol. The van der Waals surface area contributed by atoms with Gasteiger partial charge in [-0.2, -0.15) is 0 Å². The van der Waals surface area contributed by atoms with Gasteiger partial charge in [-0.25, -0.2) is 17.2 Å². The molecule has 0 atom stereocenters. The maximum atomic E-state index is 14.0. The summed E-state index contributed by atoms with van der Waals surface area (Å²) in [5.74, 6) is -1.66. The maximum Gasteiger partial charge on any atom is 0.255 e. The molecule has 0 fully saturated rings. The summed E-state index contributed by atoms with van der Waals surface area (Å²) in [6, 6.07) is 15.8. The molecule has 0 aliphatic heterocycles. The van der Waals surface area contributed by atoms with Crippen LogP contribution in [0.4, 0.5) is 20.2 Å². The number of carbonyl (C=O) groups excluding carboxylic acids is 1. The summed E-state index contributed by atoms with van der Waals surface area (Å²) in [5, 5.41) is 2.46. The average Bonchev–Trinajstić information content (AvgIpc) is 2.68. The van der Waals surface area contributed by atoms with Gasteiger partial charge in [0.05, 0.1) is 24.2 Å². The van der Waals surface area contributed by atoms with Crippen LogP contribution in [0.2, 0.25) is 0 Å². The molecule has 3 aromatic rings. The number of hydrogen-bond acceptors (Lipinski definition) is 3. The van der Waals surface area contributed by atoms with Gasteiger partial charge < -0.3 is 5.32 Å². The van der Waals surface area contributed by atoms with Crippen molar-refractivity contribution in [3.8, 4) is 0 Å². The molecule has 156 valence electrons. The van der Waals surface area contributed by atoms with Crippen molar-refractivity contribution >= 4 is 43.2 Å². The van der Waals surface area contributed by atoms with Gasteiger partial charge >= 0.3 is 0 Å². The highest BCUT2D eigenvalue weighted by atomic mass is 79.9. The molecule has 0 heterocycles. The number of benzene rings is 3. The number of nitrogens with zero attached hydrogens (tertiary/aromatic N) is 1. The van der Waals surface area contributed by atoms with E-state index in [4.69, 9.17) is 0 Å². The highest BCUT2D eigenvalue weighted by Gasteiger charge is 2.20. The predicted octanol–water partition coefficient (Wildman–Crippen LogP) is 4.95. The summed E-state index contributed by atoms with van der Waals surface area (Å²) in [5.41, 5.74) is 0.715. The fourth-order valence-electron chi connectivity index (χ4n) is 2.75. The van der Waals surface area contributed by atoms with E-state index in [-0.39, 0.29) is 29.0 Å². The van der Waals surface area contributed by atoms with Gasteiger partial charge in [0, 0.05) is 15.6 Å². The summed E-state index contributed by atoms with van der Waals surface area (Å²) in [7, 11) is -3.71. The second-order valence-corrected chi connectivity index (χ2v) is 9.31. The van der Waals surface area contributed by atoms with Crippen molar-refractivity contribution in [2.24, 2.45) is 0 Å². The zero-order chi connectivity index (χ0) is 21.9. The number of carbonyl (C=O) groups is 1. The van der Waals surface area contributed by atoms with Crippen molar-refractivity contribution < 1.29 is 22.0 Å². The lowest BCUT2D eigenvalue weighted by molar-refractivity contribution is 0.102. The van der Waals surface area contributed by atoms with Crippen LogP contribution >= 0.6 is 15.9 Å². The minimum Gasteiger partial charge on any atom is -0.319 e. The van der Waals surface area contributed by atoms with Gasteiger partial charge in [0.15, 0.2) is 0 Å². The Balaban J connectivity index is 1.83. The quantitative estimate of drug-likeness (QED) is 0.527. The number of rotatable bonds is 6. The highest BCUT2D eigenvalue weighted by Crippen LogP contribution is 2.24. The molecule has 3 aromatic carbocycles. The molecule has 0 unspecified atom stereocenters. The third-order valence-corrected chi connectivity index (χ3v) is 5.90. The number of sulfonamides is 1. The van der Waals surface area contributed by atoms with E-state index in [1.54, 1.807) is 12.1 Å². The third kappa shape index (κ3) is 5.22. The minimum atomic E-state index is -3.71. The van der Waals surface area contributed by atoms with Gasteiger partial charge in [0.1, 0.15) is 11.6 Å². The van der Waals surface area contributed by atoms with E-state index in [2.05, 4.69) is 21.2 Å². The lowest BCUT2D eigenvalue weighted by Gasteiger charge is -2.23. The molecule has 0 bridgehead atoms. The van der Waals surface area contributed by atoms with Crippen LogP contribution in [0.25, 0.3) is 0 Å². The molecule has 3 rings (SSSR count). The molecule has 0 saturated heterocycles. The van der Waals surface area contributed by atoms with Crippen LogP contribution in [0.1, 0.15) is 15.9 Å². The minimum absolute atomic E-state index is 0.0181. The van der Waals surface area contributed by atoms with E-state index in [1.807, 2.05) is 0 Å². The van der Waals surface area contributed by atoms with Gasteiger partial charge in [-0.05, 0) is 48.5 Å². The molecule has 1 N–H and O–H groups in total. The first kappa shape index (κ1) is 21.9. The lowest BCUT2D eigenvalue weighted by atomic mass is 10.1. The Hall–Kier alpha value is -2.78. The first-order chi connectivity index (χ1) is 14.1. The number of halogens is 3. The van der Waals surface area contributed by atoms with E-state index in [1.165, 1.54) is 54.6 Å². The SMILES string of the molecule is CS(=O)(=O)N(Cc1ccccc1F)c1ccc(C(=O)Nc2ccc(Br)cc2F)cc1. The fourth-order valence-corrected chi connectivity index (χ4v) is 3.96. The Kier molecular flexibility index (Phi) is 6.52. The molecule has 1 amide bonds. The molecule has 0 aromatic heterocycles. The molecule has 0 aliphatic rings. The molecular formula is C21H17BrF2N2O3S. The summed E-state index contributed by atoms with van der Waals surface area (Å²) in [4.78, 5) is 12.4. The largest absolute Gasteiger partial charge is 0.319 e. The molecule has 0 saturated carbocycles. The van der Waals surface area contributed by atoms with E-state index in [0.717, 1.165) is 10.6 Å². The summed E-state index contributed by atoms with van der Waals surface area (Å²) < 4.78 is 54.0. The third-order valence-electron chi connectivity index (χ3n) is 4.27. The first-order valence-corrected chi connectivity index (χ1v) is 11.4. The highest BCUT2D eigenvalue weighted by molar-refractivity contribution is 9.10. The van der Waals surface area contributed by atoms with Crippen molar-refractivity contribution in [3.05, 3.63) is 94.0 Å². The van der Waals surface area contributed by atoms with Crippen molar-refractivity contribution in [1.82, 2.24) is 0 Å². The van der Waals surface area contributed by atoms with Gasteiger partial charge in [-0.1, -0.05) is 34.1 Å². The van der Waals surface area contributed by atoms with Crippen molar-refractivity contribution in [3.63, 3.8) is 0 Å². The second-order valence-electron chi connectivity index (χ2n) is 6.49. The van der Waals surface area contributed by atoms with Crippen LogP contribution in [-0.2, 0) is 16.6 Å². The van der Waals surface area contributed by atoms with Crippen LogP contribution < -0.4 is 9.62 Å². The van der Waals surface area contributed by atoms with Gasteiger partial charge in [0.25, 0.3) is 5.91 Å². The molecule has 9 heteroatoms. The Morgan fingerprint density at radius 1 is 1.00 bits per heavy atom. The Morgan fingerprint density at radius 2 is 1.67 bits per heavy atom. The lowest BCUT2D eigenvalue weighted by Crippen LogP contribution is -2.29. The summed E-state index contributed by atoms with van der Waals surface area (Å²) in [6.07, 6.45) is 1.02. The monoisotopic (exact) mass is 494 g/mol. The fraction of sp³-hybridized carbons (Fsp3) is 0.0952. The van der Waals surface area contributed by atoms with Gasteiger partial charge in [-0.15, -0.1) is 0 Å². The summed E-state index contributed by atoms with van der Waals surface area (Å²) >= 11 is 3.14. The standard InChI is InChI=1S/C21H17BrF2N2O3S/c1-30(28,29)26(13-15-4-2-3-5-18(15)23)17-9-6-14(7-10-17)21(27)25-20-11-8-16(22)12-19(20)24/h2-12H,13H2,1H3,(H,25,27). The van der Waals surface area contributed by atoms with Gasteiger partial charge in [0.2, 0.25) is 10.0 Å². The van der Waals surface area contributed by atoms with Crippen molar-refractivity contribution in [2.45, 2.75) is 6.54 Å². The van der Waals surface area contributed by atoms with Crippen LogP contribution in [0.5, 0.6) is 0 Å². The first-order valence-electron chi connectivity index (χ1n) is 8.73. The Morgan fingerprint density at radius 3 is 2.27 bits per heavy atom. The molecule has 0 radical (unpaired) electrons. The zero-order valence-corrected chi connectivity index (χ0v) is 18.2. The molecule has 0 spiro atoms. The Bertz CT molecular complexity index is 1190. The second kappa shape index (κ2) is 8.93. The topological polar surface area (TPSA) is 66.5 Å². The van der Waals surface area contributed by atoms with E-state index in [9.17, 15) is 22.0 Å². The van der Waals surface area contributed by atoms with Crippen LogP contribution in [-0.4, -0.2) is 20.6 Å². The number of nitrogens with one attached hydrogen (secondary N) is 1. The Labute approximate surface area is 181 Å². The van der Waals surface area contributed by atoms with E-state index in [0.29, 0.717) is 4.47 Å². The number of anilines is 2. The summed E-state index contributed by atoms with van der Waals surface area (Å²) in [6.45, 7) is -0.193.